The molecule has 1 atom stereocenters. The molecule has 0 radical (unpaired) electrons. The summed E-state index contributed by atoms with van der Waals surface area (Å²) >= 11 is 0. The standard InChI is InChI=1S/C12H18N2O3/c1-8-5-11(16-3)6-10(14-8)7-13-9(2)12(15)17-4/h5-6,9,13H,7H2,1-4H3. The normalized spacial score (nSPS) is 12.0. The Bertz CT molecular complexity index is 393. The summed E-state index contributed by atoms with van der Waals surface area (Å²) in [6, 6.07) is 3.34. The zero-order valence-electron chi connectivity index (χ0n) is 10.6. The van der Waals surface area contributed by atoms with Crippen molar-refractivity contribution in [2.24, 2.45) is 0 Å². The van der Waals surface area contributed by atoms with Crippen LogP contribution in [0.4, 0.5) is 0 Å². The van der Waals surface area contributed by atoms with Crippen LogP contribution in [0.3, 0.4) is 0 Å². The highest BCUT2D eigenvalue weighted by Crippen LogP contribution is 2.13. The van der Waals surface area contributed by atoms with Crippen molar-refractivity contribution in [3.8, 4) is 5.75 Å². The molecule has 1 aromatic heterocycles. The lowest BCUT2D eigenvalue weighted by atomic mass is 10.2. The maximum atomic E-state index is 11.2. The van der Waals surface area contributed by atoms with Gasteiger partial charge in [-0.2, -0.15) is 0 Å². The Hall–Kier alpha value is -1.62. The predicted octanol–water partition coefficient (Wildman–Crippen LogP) is 1.05. The third kappa shape index (κ3) is 4.03. The zero-order valence-corrected chi connectivity index (χ0v) is 10.6. The van der Waals surface area contributed by atoms with Crippen LogP contribution in [-0.4, -0.2) is 31.2 Å². The number of esters is 1. The molecular weight excluding hydrogens is 220 g/mol. The average molecular weight is 238 g/mol. The van der Waals surface area contributed by atoms with Crippen molar-refractivity contribution in [1.82, 2.24) is 10.3 Å². The first-order chi connectivity index (χ1) is 8.06. The molecule has 1 rings (SSSR count). The second-order valence-electron chi connectivity index (χ2n) is 3.77. The SMILES string of the molecule is COC(=O)C(C)NCc1cc(OC)cc(C)n1. The van der Waals surface area contributed by atoms with Crippen molar-refractivity contribution in [1.29, 1.82) is 0 Å². The second kappa shape index (κ2) is 6.20. The lowest BCUT2D eigenvalue weighted by molar-refractivity contribution is -0.142. The summed E-state index contributed by atoms with van der Waals surface area (Å²) in [5.41, 5.74) is 1.71. The van der Waals surface area contributed by atoms with E-state index in [1.807, 2.05) is 19.1 Å². The fourth-order valence-electron chi connectivity index (χ4n) is 1.43. The highest BCUT2D eigenvalue weighted by atomic mass is 16.5. The highest BCUT2D eigenvalue weighted by molar-refractivity contribution is 5.75. The monoisotopic (exact) mass is 238 g/mol. The molecule has 0 aromatic carbocycles. The topological polar surface area (TPSA) is 60.5 Å². The van der Waals surface area contributed by atoms with Crippen LogP contribution in [0, 0.1) is 6.92 Å². The largest absolute Gasteiger partial charge is 0.497 e. The van der Waals surface area contributed by atoms with E-state index in [2.05, 4.69) is 15.0 Å². The number of carbonyl (C=O) groups excluding carboxylic acids is 1. The Balaban J connectivity index is 2.63. The molecule has 0 saturated carbocycles. The van der Waals surface area contributed by atoms with Gasteiger partial charge in [-0.3, -0.25) is 15.1 Å². The summed E-state index contributed by atoms with van der Waals surface area (Å²) in [7, 11) is 2.98. The summed E-state index contributed by atoms with van der Waals surface area (Å²) < 4.78 is 9.77. The summed E-state index contributed by atoms with van der Waals surface area (Å²) in [4.78, 5) is 15.5. The molecule has 1 aromatic rings. The van der Waals surface area contributed by atoms with E-state index in [1.54, 1.807) is 14.0 Å². The van der Waals surface area contributed by atoms with Gasteiger partial charge in [0.2, 0.25) is 0 Å². The third-order valence-corrected chi connectivity index (χ3v) is 2.36. The summed E-state index contributed by atoms with van der Waals surface area (Å²) in [5, 5.41) is 3.04. The first kappa shape index (κ1) is 13.4. The van der Waals surface area contributed by atoms with Crippen LogP contribution in [0.25, 0.3) is 0 Å². The minimum absolute atomic E-state index is 0.287. The lowest BCUT2D eigenvalue weighted by Crippen LogP contribution is -2.34. The Labute approximate surface area is 101 Å². The van der Waals surface area contributed by atoms with Gasteiger partial charge in [0.05, 0.1) is 19.9 Å². The molecule has 1 N–H and O–H groups in total. The molecule has 1 unspecified atom stereocenters. The number of hydrogen-bond donors (Lipinski definition) is 1. The van der Waals surface area contributed by atoms with E-state index in [-0.39, 0.29) is 12.0 Å². The van der Waals surface area contributed by atoms with E-state index in [4.69, 9.17) is 4.74 Å². The fourth-order valence-corrected chi connectivity index (χ4v) is 1.43. The Kier molecular flexibility index (Phi) is 4.90. The Morgan fingerprint density at radius 2 is 2.18 bits per heavy atom. The molecule has 0 bridgehead atoms. The number of rotatable bonds is 5. The number of nitrogens with one attached hydrogen (secondary N) is 1. The minimum Gasteiger partial charge on any atom is -0.497 e. The molecule has 0 amide bonds. The van der Waals surface area contributed by atoms with Gasteiger partial charge in [-0.1, -0.05) is 0 Å². The van der Waals surface area contributed by atoms with Gasteiger partial charge in [0.15, 0.2) is 0 Å². The van der Waals surface area contributed by atoms with Gasteiger partial charge in [0.25, 0.3) is 0 Å². The van der Waals surface area contributed by atoms with Crippen molar-refractivity contribution in [3.05, 3.63) is 23.5 Å². The van der Waals surface area contributed by atoms with Crippen LogP contribution in [-0.2, 0) is 16.1 Å². The highest BCUT2D eigenvalue weighted by Gasteiger charge is 2.12. The molecule has 5 heteroatoms. The van der Waals surface area contributed by atoms with Crippen molar-refractivity contribution < 1.29 is 14.3 Å². The molecule has 94 valence electrons. The van der Waals surface area contributed by atoms with Gasteiger partial charge in [0.1, 0.15) is 11.8 Å². The van der Waals surface area contributed by atoms with E-state index in [0.29, 0.717) is 6.54 Å². The zero-order chi connectivity index (χ0) is 12.8. The number of hydrogen-bond acceptors (Lipinski definition) is 5. The number of nitrogens with zero attached hydrogens (tertiary/aromatic N) is 1. The van der Waals surface area contributed by atoms with Crippen LogP contribution in [0.1, 0.15) is 18.3 Å². The number of carbonyl (C=O) groups is 1. The van der Waals surface area contributed by atoms with E-state index in [9.17, 15) is 4.79 Å². The van der Waals surface area contributed by atoms with E-state index >= 15 is 0 Å². The maximum absolute atomic E-state index is 11.2. The van der Waals surface area contributed by atoms with Crippen LogP contribution in [0.15, 0.2) is 12.1 Å². The van der Waals surface area contributed by atoms with Gasteiger partial charge in [-0.15, -0.1) is 0 Å². The molecule has 0 spiro atoms. The predicted molar refractivity (Wildman–Crippen MR) is 63.8 cm³/mol. The molecule has 0 fully saturated rings. The van der Waals surface area contributed by atoms with Crippen LogP contribution < -0.4 is 10.1 Å². The number of ether oxygens (including phenoxy) is 2. The van der Waals surface area contributed by atoms with Crippen LogP contribution in [0.5, 0.6) is 5.75 Å². The van der Waals surface area contributed by atoms with Gasteiger partial charge in [-0.05, 0) is 13.8 Å². The van der Waals surface area contributed by atoms with Gasteiger partial charge in [0, 0.05) is 24.4 Å². The molecule has 1 heterocycles. The van der Waals surface area contributed by atoms with E-state index in [0.717, 1.165) is 17.1 Å². The molecule has 0 aliphatic rings. The quantitative estimate of drug-likeness (QED) is 0.777. The number of pyridine rings is 1. The molecule has 0 saturated heterocycles. The molecule has 0 aliphatic heterocycles. The second-order valence-corrected chi connectivity index (χ2v) is 3.77. The lowest BCUT2D eigenvalue weighted by Gasteiger charge is -2.12. The Morgan fingerprint density at radius 1 is 1.47 bits per heavy atom. The maximum Gasteiger partial charge on any atom is 0.322 e. The van der Waals surface area contributed by atoms with Gasteiger partial charge >= 0.3 is 5.97 Å². The number of methoxy groups -OCH3 is 2. The molecule has 17 heavy (non-hydrogen) atoms. The number of aromatic nitrogens is 1. The first-order valence-corrected chi connectivity index (χ1v) is 5.39. The van der Waals surface area contributed by atoms with Gasteiger partial charge in [-0.25, -0.2) is 0 Å². The average Bonchev–Trinajstić information content (AvgIpc) is 2.34. The molecular formula is C12H18N2O3. The summed E-state index contributed by atoms with van der Waals surface area (Å²) in [6.07, 6.45) is 0. The minimum atomic E-state index is -0.353. The smallest absolute Gasteiger partial charge is 0.322 e. The van der Waals surface area contributed by atoms with Crippen molar-refractivity contribution in [2.45, 2.75) is 26.4 Å². The summed E-state index contributed by atoms with van der Waals surface area (Å²) in [6.45, 7) is 4.14. The third-order valence-electron chi connectivity index (χ3n) is 2.36. The fraction of sp³-hybridized carbons (Fsp3) is 0.500. The van der Waals surface area contributed by atoms with Crippen LogP contribution >= 0.6 is 0 Å². The van der Waals surface area contributed by atoms with Crippen molar-refractivity contribution in [2.75, 3.05) is 14.2 Å². The number of aryl methyl sites for hydroxylation is 1. The Morgan fingerprint density at radius 3 is 2.76 bits per heavy atom. The van der Waals surface area contributed by atoms with E-state index in [1.165, 1.54) is 7.11 Å². The van der Waals surface area contributed by atoms with Crippen molar-refractivity contribution in [3.63, 3.8) is 0 Å². The molecule has 5 nitrogen and oxygen atoms in total. The van der Waals surface area contributed by atoms with Gasteiger partial charge < -0.3 is 9.47 Å². The van der Waals surface area contributed by atoms with Crippen LogP contribution in [0.2, 0.25) is 0 Å². The first-order valence-electron chi connectivity index (χ1n) is 5.39. The molecule has 0 aliphatic carbocycles. The van der Waals surface area contributed by atoms with E-state index < -0.39 is 0 Å². The van der Waals surface area contributed by atoms with Crippen molar-refractivity contribution >= 4 is 5.97 Å². The summed E-state index contributed by atoms with van der Waals surface area (Å²) in [5.74, 6) is 0.477.